The molecule has 0 bridgehead atoms. The molecule has 22 heavy (non-hydrogen) atoms. The molecule has 1 amide bonds. The molecule has 2 aromatic carbocycles. The van der Waals surface area contributed by atoms with Crippen LogP contribution in [-0.2, 0) is 4.79 Å². The van der Waals surface area contributed by atoms with E-state index in [2.05, 4.69) is 42.4 Å². The Balaban J connectivity index is 2.02. The number of hydrogen-bond donors (Lipinski definition) is 3. The molecule has 2 rings (SSSR count). The van der Waals surface area contributed by atoms with Crippen molar-refractivity contribution in [3.05, 3.63) is 62.5 Å². The van der Waals surface area contributed by atoms with Crippen LogP contribution in [-0.4, -0.2) is 22.3 Å². The molecular formula is C15H12Br2N2O3. The van der Waals surface area contributed by atoms with Crippen LogP contribution in [0.5, 0.6) is 5.75 Å². The van der Waals surface area contributed by atoms with Gasteiger partial charge < -0.3 is 10.2 Å². The lowest BCUT2D eigenvalue weighted by Gasteiger charge is -2.08. The third-order valence-corrected chi connectivity index (χ3v) is 4.00. The van der Waals surface area contributed by atoms with Gasteiger partial charge in [0, 0.05) is 0 Å². The summed E-state index contributed by atoms with van der Waals surface area (Å²) in [5.41, 5.74) is 3.42. The van der Waals surface area contributed by atoms with Gasteiger partial charge in [-0.05, 0) is 55.1 Å². The average molecular weight is 428 g/mol. The zero-order chi connectivity index (χ0) is 16.1. The van der Waals surface area contributed by atoms with Gasteiger partial charge in [-0.3, -0.25) is 4.79 Å². The predicted octanol–water partition coefficient (Wildman–Crippen LogP) is 3.10. The monoisotopic (exact) mass is 426 g/mol. The molecule has 0 aliphatic carbocycles. The fraction of sp³-hybridized carbons (Fsp3) is 0.0667. The molecule has 3 N–H and O–H groups in total. The number of hydrazone groups is 1. The van der Waals surface area contributed by atoms with Gasteiger partial charge in [0.25, 0.3) is 5.91 Å². The smallest absolute Gasteiger partial charge is 0.273 e. The second kappa shape index (κ2) is 7.53. The van der Waals surface area contributed by atoms with E-state index in [-0.39, 0.29) is 5.75 Å². The number of phenolic OH excluding ortho intramolecular Hbond substituents is 1. The van der Waals surface area contributed by atoms with Crippen LogP contribution in [0.15, 0.2) is 56.5 Å². The summed E-state index contributed by atoms with van der Waals surface area (Å²) in [6, 6.07) is 11.9. The first kappa shape index (κ1) is 16.7. The number of rotatable bonds is 4. The highest BCUT2D eigenvalue weighted by Gasteiger charge is 2.15. The Morgan fingerprint density at radius 1 is 1.18 bits per heavy atom. The molecule has 0 aromatic heterocycles. The van der Waals surface area contributed by atoms with Gasteiger partial charge in [-0.1, -0.05) is 30.3 Å². The van der Waals surface area contributed by atoms with Crippen LogP contribution in [0.2, 0.25) is 0 Å². The van der Waals surface area contributed by atoms with Crippen molar-refractivity contribution in [1.29, 1.82) is 0 Å². The average Bonchev–Trinajstić information content (AvgIpc) is 2.52. The summed E-state index contributed by atoms with van der Waals surface area (Å²) in [6.07, 6.45) is 0.126. The maximum absolute atomic E-state index is 11.8. The Hall–Kier alpha value is -1.70. The molecule has 0 unspecified atom stereocenters. The molecule has 5 nitrogen and oxygen atoms in total. The SMILES string of the molecule is O=C(N/N=C\c1cc(Br)c(O)c(Br)c1)[C@@H](O)c1ccccc1. The minimum absolute atomic E-state index is 0.0840. The molecule has 7 heteroatoms. The van der Waals surface area contributed by atoms with E-state index in [9.17, 15) is 15.0 Å². The first-order valence-electron chi connectivity index (χ1n) is 6.23. The second-order valence-corrected chi connectivity index (χ2v) is 6.09. The molecule has 0 aliphatic rings. The van der Waals surface area contributed by atoms with Crippen molar-refractivity contribution in [2.75, 3.05) is 0 Å². The summed E-state index contributed by atoms with van der Waals surface area (Å²) in [5.74, 6) is -0.542. The summed E-state index contributed by atoms with van der Waals surface area (Å²) in [7, 11) is 0. The molecule has 114 valence electrons. The highest BCUT2D eigenvalue weighted by Crippen LogP contribution is 2.32. The molecule has 0 saturated heterocycles. The Morgan fingerprint density at radius 2 is 1.77 bits per heavy atom. The number of benzene rings is 2. The number of nitrogens with one attached hydrogen (secondary N) is 1. The van der Waals surface area contributed by atoms with Crippen molar-refractivity contribution in [2.45, 2.75) is 6.10 Å². The van der Waals surface area contributed by atoms with Crippen molar-refractivity contribution in [1.82, 2.24) is 5.43 Å². The molecule has 1 atom stereocenters. The highest BCUT2D eigenvalue weighted by atomic mass is 79.9. The van der Waals surface area contributed by atoms with Crippen LogP contribution in [0, 0.1) is 0 Å². The van der Waals surface area contributed by atoms with E-state index in [0.29, 0.717) is 20.1 Å². The van der Waals surface area contributed by atoms with Gasteiger partial charge in [-0.25, -0.2) is 5.43 Å². The first-order valence-corrected chi connectivity index (χ1v) is 7.81. The third-order valence-electron chi connectivity index (χ3n) is 2.79. The van der Waals surface area contributed by atoms with Gasteiger partial charge in [0.15, 0.2) is 6.10 Å². The summed E-state index contributed by atoms with van der Waals surface area (Å²) in [4.78, 5) is 11.8. The van der Waals surface area contributed by atoms with Gasteiger partial charge in [0.2, 0.25) is 0 Å². The van der Waals surface area contributed by atoms with E-state index >= 15 is 0 Å². The minimum atomic E-state index is -1.28. The quantitative estimate of drug-likeness (QED) is 0.518. The van der Waals surface area contributed by atoms with Crippen LogP contribution < -0.4 is 5.43 Å². The standard InChI is InChI=1S/C15H12Br2N2O3/c16-11-6-9(7-12(17)14(11)21)8-18-19-15(22)13(20)10-4-2-1-3-5-10/h1-8,13,20-21H,(H,19,22)/b18-8-/t13-/m0/s1. The van der Waals surface area contributed by atoms with Crippen molar-refractivity contribution >= 4 is 44.0 Å². The zero-order valence-electron chi connectivity index (χ0n) is 11.2. The maximum atomic E-state index is 11.8. The number of aliphatic hydroxyl groups excluding tert-OH is 1. The number of nitrogens with zero attached hydrogens (tertiary/aromatic N) is 1. The van der Waals surface area contributed by atoms with E-state index in [4.69, 9.17) is 0 Å². The summed E-state index contributed by atoms with van der Waals surface area (Å²) >= 11 is 6.41. The lowest BCUT2D eigenvalue weighted by atomic mass is 10.1. The van der Waals surface area contributed by atoms with Crippen LogP contribution in [0.1, 0.15) is 17.2 Å². The maximum Gasteiger partial charge on any atom is 0.273 e. The molecule has 0 heterocycles. The lowest BCUT2D eigenvalue weighted by molar-refractivity contribution is -0.129. The lowest BCUT2D eigenvalue weighted by Crippen LogP contribution is -2.25. The van der Waals surface area contributed by atoms with Gasteiger partial charge in [0.1, 0.15) is 5.75 Å². The number of carbonyl (C=O) groups excluding carboxylic acids is 1. The van der Waals surface area contributed by atoms with Crippen molar-refractivity contribution in [2.24, 2.45) is 5.10 Å². The van der Waals surface area contributed by atoms with E-state index in [1.54, 1.807) is 42.5 Å². The van der Waals surface area contributed by atoms with Crippen molar-refractivity contribution in [3.63, 3.8) is 0 Å². The second-order valence-electron chi connectivity index (χ2n) is 4.38. The van der Waals surface area contributed by atoms with Gasteiger partial charge in [-0.15, -0.1) is 0 Å². The third kappa shape index (κ3) is 4.16. The number of hydrogen-bond acceptors (Lipinski definition) is 4. The van der Waals surface area contributed by atoms with Crippen molar-refractivity contribution in [3.8, 4) is 5.75 Å². The fourth-order valence-electron chi connectivity index (χ4n) is 1.68. The van der Waals surface area contributed by atoms with Crippen LogP contribution >= 0.6 is 31.9 Å². The Kier molecular flexibility index (Phi) is 5.70. The molecule has 0 saturated carbocycles. The Labute approximate surface area is 143 Å². The predicted molar refractivity (Wildman–Crippen MR) is 90.6 cm³/mol. The summed E-state index contributed by atoms with van der Waals surface area (Å²) < 4.78 is 0.998. The fourth-order valence-corrected chi connectivity index (χ4v) is 2.90. The van der Waals surface area contributed by atoms with E-state index in [1.165, 1.54) is 6.21 Å². The van der Waals surface area contributed by atoms with E-state index in [1.807, 2.05) is 0 Å². The van der Waals surface area contributed by atoms with Crippen LogP contribution in [0.4, 0.5) is 0 Å². The minimum Gasteiger partial charge on any atom is -0.506 e. The highest BCUT2D eigenvalue weighted by molar-refractivity contribution is 9.11. The topological polar surface area (TPSA) is 81.9 Å². The number of aromatic hydroxyl groups is 1. The zero-order valence-corrected chi connectivity index (χ0v) is 14.4. The number of halogens is 2. The molecule has 0 spiro atoms. The molecule has 2 aromatic rings. The first-order chi connectivity index (χ1) is 10.5. The van der Waals surface area contributed by atoms with Crippen LogP contribution in [0.25, 0.3) is 0 Å². The van der Waals surface area contributed by atoms with E-state index < -0.39 is 12.0 Å². The van der Waals surface area contributed by atoms with Gasteiger partial charge in [-0.2, -0.15) is 5.10 Å². The van der Waals surface area contributed by atoms with E-state index in [0.717, 1.165) is 0 Å². The summed E-state index contributed by atoms with van der Waals surface area (Å²) in [6.45, 7) is 0. The normalized spacial score (nSPS) is 12.3. The number of amides is 1. The molecule has 0 radical (unpaired) electrons. The largest absolute Gasteiger partial charge is 0.506 e. The molecule has 0 fully saturated rings. The number of phenols is 1. The number of aliphatic hydroxyl groups is 1. The molecular weight excluding hydrogens is 416 g/mol. The summed E-state index contributed by atoms with van der Waals surface area (Å²) in [5, 5.41) is 23.3. The van der Waals surface area contributed by atoms with Crippen molar-refractivity contribution < 1.29 is 15.0 Å². The molecule has 0 aliphatic heterocycles. The Bertz CT molecular complexity index is 682. The van der Waals surface area contributed by atoms with Gasteiger partial charge in [0.05, 0.1) is 15.2 Å². The van der Waals surface area contributed by atoms with Gasteiger partial charge >= 0.3 is 0 Å². The Morgan fingerprint density at radius 3 is 2.36 bits per heavy atom. The van der Waals surface area contributed by atoms with Crippen LogP contribution in [0.3, 0.4) is 0 Å². The number of carbonyl (C=O) groups is 1.